The van der Waals surface area contributed by atoms with Crippen LogP contribution in [0, 0.1) is 5.92 Å². The van der Waals surface area contributed by atoms with Crippen LogP contribution in [0.15, 0.2) is 36.4 Å². The minimum Gasteiger partial charge on any atom is -0.497 e. The number of ether oxygens (including phenoxy) is 1. The molecule has 2 fully saturated rings. The van der Waals surface area contributed by atoms with Crippen LogP contribution in [0.4, 0.5) is 0 Å². The number of halogens is 2. The second-order valence-electron chi connectivity index (χ2n) is 6.89. The first-order valence-corrected chi connectivity index (χ1v) is 8.87. The molecule has 0 bridgehead atoms. The van der Waals surface area contributed by atoms with Gasteiger partial charge in [0.1, 0.15) is 5.75 Å². The van der Waals surface area contributed by atoms with E-state index in [4.69, 9.17) is 4.74 Å². The molecule has 0 radical (unpaired) electrons. The van der Waals surface area contributed by atoms with E-state index in [0.717, 1.165) is 24.8 Å². The Morgan fingerprint density at radius 2 is 1.68 bits per heavy atom. The third-order valence-corrected chi connectivity index (χ3v) is 5.55. The lowest BCUT2D eigenvalue weighted by Gasteiger charge is -2.43. The number of benzene rings is 2. The van der Waals surface area contributed by atoms with Gasteiger partial charge < -0.3 is 10.1 Å². The van der Waals surface area contributed by atoms with Gasteiger partial charge in [-0.15, -0.1) is 24.8 Å². The van der Waals surface area contributed by atoms with Gasteiger partial charge in [0.05, 0.1) is 7.11 Å². The molecule has 5 heteroatoms. The Balaban J connectivity index is 0.00000113. The molecule has 1 N–H and O–H groups in total. The Kier molecular flexibility index (Phi) is 7.38. The molecule has 2 aromatic carbocycles. The fraction of sp³-hybridized carbons (Fsp3) is 0.500. The largest absolute Gasteiger partial charge is 0.497 e. The number of methoxy groups -OCH3 is 1. The molecular weight excluding hydrogens is 355 g/mol. The van der Waals surface area contributed by atoms with Gasteiger partial charge in [-0.2, -0.15) is 0 Å². The number of rotatable bonds is 4. The Bertz CT molecular complexity index is 684. The maximum atomic E-state index is 5.34. The third-order valence-electron chi connectivity index (χ3n) is 5.55. The summed E-state index contributed by atoms with van der Waals surface area (Å²) in [7, 11) is 1.73. The quantitative estimate of drug-likeness (QED) is 0.845. The molecule has 1 saturated carbocycles. The molecule has 3 nitrogen and oxygen atoms in total. The lowest BCUT2D eigenvalue weighted by Crippen LogP contribution is -2.47. The van der Waals surface area contributed by atoms with Crippen LogP contribution in [-0.2, 0) is 0 Å². The predicted molar refractivity (Wildman–Crippen MR) is 110 cm³/mol. The van der Waals surface area contributed by atoms with E-state index in [9.17, 15) is 0 Å². The van der Waals surface area contributed by atoms with Crippen molar-refractivity contribution >= 4 is 35.6 Å². The number of hydrogen-bond donors (Lipinski definition) is 1. The molecule has 0 aromatic heterocycles. The summed E-state index contributed by atoms with van der Waals surface area (Å²) in [6.45, 7) is 4.58. The number of nitrogens with one attached hydrogen (secondary N) is 1. The fourth-order valence-corrected chi connectivity index (χ4v) is 4.05. The van der Waals surface area contributed by atoms with Crippen LogP contribution in [0.3, 0.4) is 0 Å². The first-order valence-electron chi connectivity index (χ1n) is 8.87. The van der Waals surface area contributed by atoms with Gasteiger partial charge in [0.15, 0.2) is 0 Å². The second kappa shape index (κ2) is 9.09. The third kappa shape index (κ3) is 4.22. The van der Waals surface area contributed by atoms with E-state index in [1.165, 1.54) is 48.7 Å². The molecule has 2 aromatic rings. The van der Waals surface area contributed by atoms with E-state index < -0.39 is 0 Å². The summed E-state index contributed by atoms with van der Waals surface area (Å²) >= 11 is 0. The molecule has 0 unspecified atom stereocenters. The lowest BCUT2D eigenvalue weighted by atomic mass is 9.76. The maximum absolute atomic E-state index is 5.34. The van der Waals surface area contributed by atoms with Crippen LogP contribution >= 0.6 is 24.8 Å². The van der Waals surface area contributed by atoms with Gasteiger partial charge in [-0.1, -0.05) is 24.6 Å². The molecule has 0 amide bonds. The standard InChI is InChI=1S/C20H26N2O.2ClH/c1-23-19-8-7-16-13-18(6-5-17(16)14-19)20(15-3-2-4-15)22-11-9-21-10-12-22;;/h5-8,13-15,20-21H,2-4,9-12H2,1H3;2*1H/t20-;;/m1../s1. The minimum atomic E-state index is 0. The van der Waals surface area contributed by atoms with Crippen molar-refractivity contribution < 1.29 is 4.74 Å². The van der Waals surface area contributed by atoms with Crippen molar-refractivity contribution in [3.05, 3.63) is 42.0 Å². The van der Waals surface area contributed by atoms with E-state index in [0.29, 0.717) is 6.04 Å². The van der Waals surface area contributed by atoms with Gasteiger partial charge in [-0.3, -0.25) is 4.90 Å². The molecular formula is C20H28Cl2N2O. The number of nitrogens with zero attached hydrogens (tertiary/aromatic N) is 1. The van der Waals surface area contributed by atoms with Crippen LogP contribution in [-0.4, -0.2) is 38.2 Å². The summed E-state index contributed by atoms with van der Waals surface area (Å²) < 4.78 is 5.34. The molecule has 1 heterocycles. The Labute approximate surface area is 162 Å². The second-order valence-corrected chi connectivity index (χ2v) is 6.89. The van der Waals surface area contributed by atoms with Crippen LogP contribution in [0.5, 0.6) is 5.75 Å². The lowest BCUT2D eigenvalue weighted by molar-refractivity contribution is 0.0838. The van der Waals surface area contributed by atoms with E-state index in [1.807, 2.05) is 0 Å². The summed E-state index contributed by atoms with van der Waals surface area (Å²) in [6.07, 6.45) is 4.17. The van der Waals surface area contributed by atoms with Gasteiger partial charge >= 0.3 is 0 Å². The predicted octanol–water partition coefficient (Wildman–Crippen LogP) is 4.44. The molecule has 25 heavy (non-hydrogen) atoms. The van der Waals surface area contributed by atoms with Crippen molar-refractivity contribution in [2.45, 2.75) is 25.3 Å². The van der Waals surface area contributed by atoms with Gasteiger partial charge in [-0.25, -0.2) is 0 Å². The molecule has 4 rings (SSSR count). The maximum Gasteiger partial charge on any atom is 0.119 e. The van der Waals surface area contributed by atoms with Crippen molar-refractivity contribution in [2.75, 3.05) is 33.3 Å². The zero-order valence-corrected chi connectivity index (χ0v) is 16.4. The van der Waals surface area contributed by atoms with Crippen molar-refractivity contribution in [3.63, 3.8) is 0 Å². The van der Waals surface area contributed by atoms with E-state index >= 15 is 0 Å². The SMILES string of the molecule is COc1ccc2cc([C@@H](C3CCC3)N3CCNCC3)ccc2c1.Cl.Cl. The molecule has 1 aliphatic heterocycles. The zero-order chi connectivity index (χ0) is 15.6. The normalized spacial score (nSPS) is 19.4. The van der Waals surface area contributed by atoms with Crippen molar-refractivity contribution in [3.8, 4) is 5.75 Å². The van der Waals surface area contributed by atoms with Gasteiger partial charge in [-0.05, 0) is 53.3 Å². The summed E-state index contributed by atoms with van der Waals surface area (Å²) in [4.78, 5) is 2.70. The van der Waals surface area contributed by atoms with Gasteiger partial charge in [0, 0.05) is 32.2 Å². The molecule has 2 aliphatic rings. The summed E-state index contributed by atoms with van der Waals surface area (Å²) in [5, 5.41) is 6.07. The average molecular weight is 383 g/mol. The highest BCUT2D eigenvalue weighted by Gasteiger charge is 2.33. The topological polar surface area (TPSA) is 24.5 Å². The van der Waals surface area contributed by atoms with Crippen molar-refractivity contribution in [1.29, 1.82) is 0 Å². The molecule has 1 saturated heterocycles. The molecule has 138 valence electrons. The fourth-order valence-electron chi connectivity index (χ4n) is 4.05. The monoisotopic (exact) mass is 382 g/mol. The van der Waals surface area contributed by atoms with E-state index in [-0.39, 0.29) is 24.8 Å². The molecule has 1 aliphatic carbocycles. The van der Waals surface area contributed by atoms with Crippen LogP contribution in [0.25, 0.3) is 10.8 Å². The Hall–Kier alpha value is -1.000. The highest BCUT2D eigenvalue weighted by Crippen LogP contribution is 2.42. The highest BCUT2D eigenvalue weighted by atomic mass is 35.5. The van der Waals surface area contributed by atoms with Gasteiger partial charge in [0.25, 0.3) is 0 Å². The summed E-state index contributed by atoms with van der Waals surface area (Å²) in [5.74, 6) is 1.77. The average Bonchev–Trinajstić information content (AvgIpc) is 2.57. The van der Waals surface area contributed by atoms with Crippen LogP contribution in [0.1, 0.15) is 30.9 Å². The molecule has 1 atom stereocenters. The first-order chi connectivity index (χ1) is 11.3. The number of hydrogen-bond acceptors (Lipinski definition) is 3. The highest BCUT2D eigenvalue weighted by molar-refractivity contribution is 5.86. The van der Waals surface area contributed by atoms with Gasteiger partial charge in [0.2, 0.25) is 0 Å². The first kappa shape index (κ1) is 20.3. The number of piperazine rings is 1. The zero-order valence-electron chi connectivity index (χ0n) is 14.7. The summed E-state index contributed by atoms with van der Waals surface area (Å²) in [6, 6.07) is 14.0. The van der Waals surface area contributed by atoms with Crippen LogP contribution in [0.2, 0.25) is 0 Å². The smallest absolute Gasteiger partial charge is 0.119 e. The number of fused-ring (bicyclic) bond motifs is 1. The van der Waals surface area contributed by atoms with Crippen molar-refractivity contribution in [2.24, 2.45) is 5.92 Å². The Morgan fingerprint density at radius 3 is 2.32 bits per heavy atom. The van der Waals surface area contributed by atoms with Crippen molar-refractivity contribution in [1.82, 2.24) is 10.2 Å². The summed E-state index contributed by atoms with van der Waals surface area (Å²) in [5.41, 5.74) is 1.49. The van der Waals surface area contributed by atoms with Crippen LogP contribution < -0.4 is 10.1 Å². The van der Waals surface area contributed by atoms with E-state index in [1.54, 1.807) is 7.11 Å². The van der Waals surface area contributed by atoms with E-state index in [2.05, 4.69) is 46.6 Å². The Morgan fingerprint density at radius 1 is 1.00 bits per heavy atom. The minimum absolute atomic E-state index is 0. The molecule has 0 spiro atoms.